The molecule has 7 nitrogen and oxygen atoms in total. The predicted octanol–water partition coefficient (Wildman–Crippen LogP) is 5.03. The van der Waals surface area contributed by atoms with Gasteiger partial charge < -0.3 is 10.6 Å². The van der Waals surface area contributed by atoms with E-state index in [1.165, 1.54) is 12.1 Å². The number of aryl methyl sites for hydroxylation is 1. The third-order valence-corrected chi connectivity index (χ3v) is 6.10. The van der Waals surface area contributed by atoms with E-state index >= 15 is 0 Å². The van der Waals surface area contributed by atoms with Crippen LogP contribution in [0.1, 0.15) is 21.7 Å². The van der Waals surface area contributed by atoms with Crippen LogP contribution < -0.4 is 10.6 Å². The Morgan fingerprint density at radius 1 is 1.03 bits per heavy atom. The highest BCUT2D eigenvalue weighted by atomic mass is 35.5. The number of hydrogen-bond acceptors (Lipinski definition) is 5. The van der Waals surface area contributed by atoms with Gasteiger partial charge in [-0.05, 0) is 49.4 Å². The van der Waals surface area contributed by atoms with Crippen molar-refractivity contribution < 1.29 is 14.0 Å². The molecule has 178 valence electrons. The normalized spacial score (nSPS) is 10.7. The number of carbonyl (C=O) groups is 2. The van der Waals surface area contributed by atoms with Gasteiger partial charge in [-0.15, -0.1) is 10.2 Å². The second kappa shape index (κ2) is 11.2. The molecule has 4 aromatic rings. The molecule has 0 aliphatic rings. The first-order valence-electron chi connectivity index (χ1n) is 10.6. The number of benzene rings is 3. The summed E-state index contributed by atoms with van der Waals surface area (Å²) in [6.07, 6.45) is 0. The topological polar surface area (TPSA) is 88.9 Å². The van der Waals surface area contributed by atoms with E-state index in [1.807, 2.05) is 25.1 Å². The zero-order chi connectivity index (χ0) is 24.8. The second-order valence-electron chi connectivity index (χ2n) is 7.58. The van der Waals surface area contributed by atoms with Crippen molar-refractivity contribution in [3.63, 3.8) is 0 Å². The minimum atomic E-state index is -0.514. The molecule has 0 aliphatic heterocycles. The number of para-hydroxylation sites is 1. The molecule has 0 atom stereocenters. The molecular formula is C25H21ClFN5O2S. The number of rotatable bonds is 8. The van der Waals surface area contributed by atoms with E-state index in [-0.39, 0.29) is 23.9 Å². The predicted molar refractivity (Wildman–Crippen MR) is 134 cm³/mol. The van der Waals surface area contributed by atoms with Crippen molar-refractivity contribution in [3.05, 3.63) is 101 Å². The number of nitrogens with zero attached hydrogens (tertiary/aromatic N) is 3. The van der Waals surface area contributed by atoms with Gasteiger partial charge in [0.15, 0.2) is 11.0 Å². The Morgan fingerprint density at radius 2 is 1.83 bits per heavy atom. The molecule has 1 heterocycles. The van der Waals surface area contributed by atoms with Crippen molar-refractivity contribution in [1.29, 1.82) is 0 Å². The maximum Gasteiger partial charge on any atom is 0.251 e. The van der Waals surface area contributed by atoms with Crippen LogP contribution in [0.2, 0.25) is 5.02 Å². The molecule has 10 heteroatoms. The molecule has 0 aliphatic carbocycles. The Bertz CT molecular complexity index is 1380. The molecule has 0 spiro atoms. The van der Waals surface area contributed by atoms with Crippen molar-refractivity contribution in [2.24, 2.45) is 0 Å². The van der Waals surface area contributed by atoms with Gasteiger partial charge in [0.05, 0.1) is 23.7 Å². The standard InChI is InChI=1S/C25H21ClFN5O2S/c1-16-6-4-7-17(12-16)24(34)28-14-22-30-31-25(32(22)19-9-5-8-18(26)13-19)35-15-23(33)29-21-11-3-2-10-20(21)27/h2-13H,14-15H2,1H3,(H,28,34)(H,29,33). The molecule has 0 radical (unpaired) electrons. The van der Waals surface area contributed by atoms with E-state index in [1.54, 1.807) is 47.0 Å². The Labute approximate surface area is 210 Å². The monoisotopic (exact) mass is 509 g/mol. The molecule has 0 fully saturated rings. The smallest absolute Gasteiger partial charge is 0.251 e. The Kier molecular flexibility index (Phi) is 7.79. The van der Waals surface area contributed by atoms with Crippen molar-refractivity contribution in [1.82, 2.24) is 20.1 Å². The third kappa shape index (κ3) is 6.26. The van der Waals surface area contributed by atoms with Crippen molar-refractivity contribution >= 4 is 40.9 Å². The summed E-state index contributed by atoms with van der Waals surface area (Å²) in [4.78, 5) is 25.0. The summed E-state index contributed by atoms with van der Waals surface area (Å²) in [6, 6.07) is 20.3. The molecule has 0 bridgehead atoms. The van der Waals surface area contributed by atoms with E-state index in [0.29, 0.717) is 27.3 Å². The van der Waals surface area contributed by atoms with E-state index in [9.17, 15) is 14.0 Å². The molecule has 0 unspecified atom stereocenters. The number of hydrogen-bond donors (Lipinski definition) is 2. The van der Waals surface area contributed by atoms with Crippen molar-refractivity contribution in [2.45, 2.75) is 18.6 Å². The van der Waals surface area contributed by atoms with Crippen LogP contribution in [0.3, 0.4) is 0 Å². The van der Waals surface area contributed by atoms with Gasteiger partial charge in [-0.3, -0.25) is 14.2 Å². The fourth-order valence-corrected chi connectivity index (χ4v) is 4.26. The molecule has 1 aromatic heterocycles. The van der Waals surface area contributed by atoms with E-state index in [0.717, 1.165) is 17.3 Å². The van der Waals surface area contributed by atoms with Gasteiger partial charge in [0, 0.05) is 10.6 Å². The molecule has 2 amide bonds. The SMILES string of the molecule is Cc1cccc(C(=O)NCc2nnc(SCC(=O)Nc3ccccc3F)n2-c2cccc(Cl)c2)c1. The molecule has 2 N–H and O–H groups in total. The van der Waals surface area contributed by atoms with Gasteiger partial charge in [0.25, 0.3) is 5.91 Å². The zero-order valence-electron chi connectivity index (χ0n) is 18.7. The highest BCUT2D eigenvalue weighted by Crippen LogP contribution is 2.24. The minimum absolute atomic E-state index is 0.0251. The maximum atomic E-state index is 13.8. The number of anilines is 1. The fourth-order valence-electron chi connectivity index (χ4n) is 3.31. The average Bonchev–Trinajstić information content (AvgIpc) is 3.25. The van der Waals surface area contributed by atoms with Crippen LogP contribution in [0.5, 0.6) is 0 Å². The van der Waals surface area contributed by atoms with Gasteiger partial charge >= 0.3 is 0 Å². The Hall–Kier alpha value is -3.69. The summed E-state index contributed by atoms with van der Waals surface area (Å²) in [5.74, 6) is -0.712. The lowest BCUT2D eigenvalue weighted by atomic mass is 10.1. The summed E-state index contributed by atoms with van der Waals surface area (Å²) in [5, 5.41) is 14.8. The first-order chi connectivity index (χ1) is 16.9. The fraction of sp³-hybridized carbons (Fsp3) is 0.120. The number of aromatic nitrogens is 3. The highest BCUT2D eigenvalue weighted by Gasteiger charge is 2.18. The number of halogens is 2. The zero-order valence-corrected chi connectivity index (χ0v) is 20.2. The molecule has 35 heavy (non-hydrogen) atoms. The molecule has 0 saturated carbocycles. The first kappa shape index (κ1) is 24.4. The summed E-state index contributed by atoms with van der Waals surface area (Å²) in [7, 11) is 0. The average molecular weight is 510 g/mol. The van der Waals surface area contributed by atoms with Gasteiger partial charge in [0.2, 0.25) is 5.91 Å². The van der Waals surface area contributed by atoms with Crippen LogP contribution in [0.25, 0.3) is 5.69 Å². The van der Waals surface area contributed by atoms with Gasteiger partial charge in [0.1, 0.15) is 5.82 Å². The van der Waals surface area contributed by atoms with Crippen molar-refractivity contribution in [2.75, 3.05) is 11.1 Å². The van der Waals surface area contributed by atoms with E-state index < -0.39 is 11.7 Å². The number of thioether (sulfide) groups is 1. The second-order valence-corrected chi connectivity index (χ2v) is 8.96. The largest absolute Gasteiger partial charge is 0.345 e. The van der Waals surface area contributed by atoms with Gasteiger partial charge in [-0.25, -0.2) is 4.39 Å². The van der Waals surface area contributed by atoms with E-state index in [2.05, 4.69) is 20.8 Å². The number of nitrogens with one attached hydrogen (secondary N) is 2. The summed E-state index contributed by atoms with van der Waals surface area (Å²) >= 11 is 7.32. The Morgan fingerprint density at radius 3 is 2.60 bits per heavy atom. The molecular weight excluding hydrogens is 489 g/mol. The quantitative estimate of drug-likeness (QED) is 0.325. The lowest BCUT2D eigenvalue weighted by Gasteiger charge is -2.12. The van der Waals surface area contributed by atoms with Crippen LogP contribution in [0, 0.1) is 12.7 Å². The molecule has 0 saturated heterocycles. The number of amides is 2. The summed E-state index contributed by atoms with van der Waals surface area (Å²) in [5.41, 5.74) is 2.30. The summed E-state index contributed by atoms with van der Waals surface area (Å²) in [6.45, 7) is 2.02. The molecule has 3 aromatic carbocycles. The summed E-state index contributed by atoms with van der Waals surface area (Å²) < 4.78 is 15.6. The van der Waals surface area contributed by atoms with Crippen LogP contribution in [-0.4, -0.2) is 32.3 Å². The van der Waals surface area contributed by atoms with Crippen LogP contribution >= 0.6 is 23.4 Å². The van der Waals surface area contributed by atoms with Gasteiger partial charge in [-0.1, -0.05) is 59.3 Å². The van der Waals surface area contributed by atoms with Gasteiger partial charge in [-0.2, -0.15) is 0 Å². The Balaban J connectivity index is 1.52. The van der Waals surface area contributed by atoms with Crippen LogP contribution in [-0.2, 0) is 11.3 Å². The van der Waals surface area contributed by atoms with Crippen molar-refractivity contribution in [3.8, 4) is 5.69 Å². The minimum Gasteiger partial charge on any atom is -0.345 e. The van der Waals surface area contributed by atoms with E-state index in [4.69, 9.17) is 11.6 Å². The van der Waals surface area contributed by atoms with Crippen LogP contribution in [0.4, 0.5) is 10.1 Å². The first-order valence-corrected chi connectivity index (χ1v) is 12.0. The number of carbonyl (C=O) groups excluding carboxylic acids is 2. The van der Waals surface area contributed by atoms with Crippen LogP contribution in [0.15, 0.2) is 78.0 Å². The molecule has 4 rings (SSSR count). The lowest BCUT2D eigenvalue weighted by molar-refractivity contribution is -0.113. The third-order valence-electron chi connectivity index (χ3n) is 4.93. The lowest BCUT2D eigenvalue weighted by Crippen LogP contribution is -2.24. The highest BCUT2D eigenvalue weighted by molar-refractivity contribution is 7.99. The maximum absolute atomic E-state index is 13.8.